The van der Waals surface area contributed by atoms with Crippen molar-refractivity contribution in [1.82, 2.24) is 10.2 Å². The summed E-state index contributed by atoms with van der Waals surface area (Å²) >= 11 is 0. The van der Waals surface area contributed by atoms with Gasteiger partial charge in [0, 0.05) is 31.6 Å². The molecule has 2 unspecified atom stereocenters. The third-order valence-corrected chi connectivity index (χ3v) is 3.75. The number of hydrogen-bond acceptors (Lipinski definition) is 2. The summed E-state index contributed by atoms with van der Waals surface area (Å²) in [6.07, 6.45) is 5.94. The van der Waals surface area contributed by atoms with Crippen LogP contribution in [-0.2, 0) is 4.79 Å². The van der Waals surface area contributed by atoms with Crippen molar-refractivity contribution in [3.63, 3.8) is 0 Å². The molecule has 1 N–H and O–H groups in total. The number of likely N-dealkylation sites (tertiary alicyclic amines) is 1. The van der Waals surface area contributed by atoms with E-state index in [9.17, 15) is 4.79 Å². The minimum Gasteiger partial charge on any atom is -0.341 e. The molecule has 2 rings (SSSR count). The molecular formula is C13H24N2O. The predicted molar refractivity (Wildman–Crippen MR) is 65.2 cm³/mol. The first-order valence-corrected chi connectivity index (χ1v) is 6.73. The van der Waals surface area contributed by atoms with Crippen LogP contribution in [0.1, 0.15) is 46.0 Å². The first kappa shape index (κ1) is 11.9. The highest BCUT2D eigenvalue weighted by atomic mass is 16.2. The summed E-state index contributed by atoms with van der Waals surface area (Å²) in [4.78, 5) is 13.5. The van der Waals surface area contributed by atoms with Gasteiger partial charge < -0.3 is 10.2 Å². The molecule has 1 amide bonds. The summed E-state index contributed by atoms with van der Waals surface area (Å²) in [5, 5.41) is 3.67. The van der Waals surface area contributed by atoms with Crippen LogP contribution in [0.15, 0.2) is 0 Å². The standard InChI is InChI=1S/C13H24N2O/c1-3-13(16)15-7-6-12(9-15)14-10(2)8-11-4-5-11/h10-12,14H,3-9H2,1-2H3. The van der Waals surface area contributed by atoms with Crippen molar-refractivity contribution in [2.75, 3.05) is 13.1 Å². The number of rotatable bonds is 5. The van der Waals surface area contributed by atoms with Crippen molar-refractivity contribution in [3.05, 3.63) is 0 Å². The molecule has 1 aliphatic heterocycles. The van der Waals surface area contributed by atoms with Crippen LogP contribution in [0.4, 0.5) is 0 Å². The lowest BCUT2D eigenvalue weighted by molar-refractivity contribution is -0.129. The highest BCUT2D eigenvalue weighted by Gasteiger charge is 2.28. The van der Waals surface area contributed by atoms with E-state index in [1.165, 1.54) is 19.3 Å². The van der Waals surface area contributed by atoms with Gasteiger partial charge >= 0.3 is 0 Å². The number of nitrogens with one attached hydrogen (secondary N) is 1. The zero-order chi connectivity index (χ0) is 11.5. The van der Waals surface area contributed by atoms with Crippen molar-refractivity contribution in [1.29, 1.82) is 0 Å². The Kier molecular flexibility index (Phi) is 3.85. The monoisotopic (exact) mass is 224 g/mol. The molecule has 1 heterocycles. The zero-order valence-corrected chi connectivity index (χ0v) is 10.5. The molecule has 3 heteroatoms. The van der Waals surface area contributed by atoms with Gasteiger partial charge in [0.25, 0.3) is 0 Å². The molecule has 0 bridgehead atoms. The van der Waals surface area contributed by atoms with Crippen molar-refractivity contribution in [2.45, 2.75) is 58.0 Å². The summed E-state index contributed by atoms with van der Waals surface area (Å²) in [7, 11) is 0. The fourth-order valence-electron chi connectivity index (χ4n) is 2.67. The lowest BCUT2D eigenvalue weighted by Crippen LogP contribution is -2.39. The van der Waals surface area contributed by atoms with Crippen LogP contribution in [-0.4, -0.2) is 36.0 Å². The van der Waals surface area contributed by atoms with E-state index in [2.05, 4.69) is 12.2 Å². The second-order valence-electron chi connectivity index (χ2n) is 5.43. The normalized spacial score (nSPS) is 27.1. The van der Waals surface area contributed by atoms with Gasteiger partial charge in [-0.1, -0.05) is 19.8 Å². The molecule has 2 atom stereocenters. The SMILES string of the molecule is CCC(=O)N1CCC(NC(C)CC2CC2)C1. The molecule has 92 valence electrons. The molecule has 2 fully saturated rings. The first-order valence-electron chi connectivity index (χ1n) is 6.73. The zero-order valence-electron chi connectivity index (χ0n) is 10.5. The molecule has 0 aromatic heterocycles. The maximum atomic E-state index is 11.5. The highest BCUT2D eigenvalue weighted by molar-refractivity contribution is 5.76. The summed E-state index contributed by atoms with van der Waals surface area (Å²) in [5.74, 6) is 1.29. The summed E-state index contributed by atoms with van der Waals surface area (Å²) in [5.41, 5.74) is 0. The Morgan fingerprint density at radius 3 is 2.81 bits per heavy atom. The number of amides is 1. The Bertz CT molecular complexity index is 250. The topological polar surface area (TPSA) is 32.3 Å². The number of hydrogen-bond donors (Lipinski definition) is 1. The third kappa shape index (κ3) is 3.21. The van der Waals surface area contributed by atoms with Crippen molar-refractivity contribution >= 4 is 5.91 Å². The second-order valence-corrected chi connectivity index (χ2v) is 5.43. The van der Waals surface area contributed by atoms with E-state index in [-0.39, 0.29) is 0 Å². The van der Waals surface area contributed by atoms with Crippen LogP contribution in [0.5, 0.6) is 0 Å². The van der Waals surface area contributed by atoms with Gasteiger partial charge in [0.05, 0.1) is 0 Å². The Morgan fingerprint density at radius 2 is 2.19 bits per heavy atom. The van der Waals surface area contributed by atoms with Gasteiger partial charge in [-0.3, -0.25) is 4.79 Å². The molecule has 16 heavy (non-hydrogen) atoms. The molecule has 1 saturated carbocycles. The summed E-state index contributed by atoms with van der Waals surface area (Å²) in [6.45, 7) is 6.09. The minimum absolute atomic E-state index is 0.305. The van der Waals surface area contributed by atoms with Gasteiger partial charge in [0.1, 0.15) is 0 Å². The molecule has 1 saturated heterocycles. The van der Waals surface area contributed by atoms with E-state index in [0.717, 1.165) is 25.4 Å². The van der Waals surface area contributed by atoms with E-state index in [0.29, 0.717) is 24.4 Å². The average Bonchev–Trinajstić information content (AvgIpc) is 2.94. The van der Waals surface area contributed by atoms with Gasteiger partial charge in [0.15, 0.2) is 0 Å². The number of carbonyl (C=O) groups excluding carboxylic acids is 1. The fourth-order valence-corrected chi connectivity index (χ4v) is 2.67. The van der Waals surface area contributed by atoms with Crippen molar-refractivity contribution < 1.29 is 4.79 Å². The quantitative estimate of drug-likeness (QED) is 0.772. The summed E-state index contributed by atoms with van der Waals surface area (Å²) < 4.78 is 0. The second kappa shape index (κ2) is 5.17. The van der Waals surface area contributed by atoms with Crippen molar-refractivity contribution in [3.8, 4) is 0 Å². The van der Waals surface area contributed by atoms with E-state index in [1.54, 1.807) is 0 Å². The first-order chi connectivity index (χ1) is 7.69. The Hall–Kier alpha value is -0.570. The molecule has 1 aliphatic carbocycles. The Labute approximate surface area is 98.6 Å². The molecular weight excluding hydrogens is 200 g/mol. The predicted octanol–water partition coefficient (Wildman–Crippen LogP) is 1.78. The summed E-state index contributed by atoms with van der Waals surface area (Å²) in [6, 6.07) is 1.15. The largest absolute Gasteiger partial charge is 0.341 e. The number of carbonyl (C=O) groups is 1. The molecule has 0 aromatic carbocycles. The average molecular weight is 224 g/mol. The molecule has 3 nitrogen and oxygen atoms in total. The minimum atomic E-state index is 0.305. The maximum absolute atomic E-state index is 11.5. The maximum Gasteiger partial charge on any atom is 0.222 e. The lowest BCUT2D eigenvalue weighted by atomic mass is 10.1. The van der Waals surface area contributed by atoms with Gasteiger partial charge in [-0.15, -0.1) is 0 Å². The lowest BCUT2D eigenvalue weighted by Gasteiger charge is -2.20. The molecule has 2 aliphatic rings. The van der Waals surface area contributed by atoms with E-state index in [1.807, 2.05) is 11.8 Å². The number of nitrogens with zero attached hydrogens (tertiary/aromatic N) is 1. The van der Waals surface area contributed by atoms with Crippen LogP contribution < -0.4 is 5.32 Å². The molecule has 0 spiro atoms. The van der Waals surface area contributed by atoms with Crippen molar-refractivity contribution in [2.24, 2.45) is 5.92 Å². The van der Waals surface area contributed by atoms with E-state index >= 15 is 0 Å². The van der Waals surface area contributed by atoms with Crippen LogP contribution in [0, 0.1) is 5.92 Å². The van der Waals surface area contributed by atoms with Crippen LogP contribution in [0.2, 0.25) is 0 Å². The van der Waals surface area contributed by atoms with Crippen LogP contribution in [0.25, 0.3) is 0 Å². The molecule has 0 aromatic rings. The van der Waals surface area contributed by atoms with E-state index < -0.39 is 0 Å². The van der Waals surface area contributed by atoms with E-state index in [4.69, 9.17) is 0 Å². The smallest absolute Gasteiger partial charge is 0.222 e. The van der Waals surface area contributed by atoms with Gasteiger partial charge in [-0.05, 0) is 25.7 Å². The third-order valence-electron chi connectivity index (χ3n) is 3.75. The van der Waals surface area contributed by atoms with Gasteiger partial charge in [0.2, 0.25) is 5.91 Å². The van der Waals surface area contributed by atoms with Gasteiger partial charge in [-0.2, -0.15) is 0 Å². The fraction of sp³-hybridized carbons (Fsp3) is 0.923. The van der Waals surface area contributed by atoms with Crippen LogP contribution >= 0.6 is 0 Å². The Morgan fingerprint density at radius 1 is 1.44 bits per heavy atom. The Balaban J connectivity index is 1.69. The molecule has 0 radical (unpaired) electrons. The highest BCUT2D eigenvalue weighted by Crippen LogP contribution is 2.33. The van der Waals surface area contributed by atoms with Gasteiger partial charge in [-0.25, -0.2) is 0 Å². The van der Waals surface area contributed by atoms with Crippen LogP contribution in [0.3, 0.4) is 0 Å².